The summed E-state index contributed by atoms with van der Waals surface area (Å²) < 4.78 is 21.3. The summed E-state index contributed by atoms with van der Waals surface area (Å²) in [5, 5.41) is 3.09. The van der Waals surface area contributed by atoms with E-state index in [-0.39, 0.29) is 18.1 Å². The van der Waals surface area contributed by atoms with E-state index < -0.39 is 12.0 Å². The van der Waals surface area contributed by atoms with Gasteiger partial charge >= 0.3 is 5.97 Å². The van der Waals surface area contributed by atoms with E-state index in [4.69, 9.17) is 24.7 Å². The molecule has 1 unspecified atom stereocenters. The standard InChI is InChI=1S/C18H24N2O5/c1-5-13(19)16(18(21)24-6-2)17-20-14(10-25-17)12-8-7-11(22-3)9-15(12)23-4/h7-10,13,20H,5-6,19H2,1-4H3/b17-16-. The van der Waals surface area contributed by atoms with Crippen molar-refractivity contribution in [3.8, 4) is 11.5 Å². The Bertz CT molecular complexity index is 697. The summed E-state index contributed by atoms with van der Waals surface area (Å²) in [5.41, 5.74) is 7.77. The van der Waals surface area contributed by atoms with Gasteiger partial charge in [0, 0.05) is 17.7 Å². The molecular formula is C18H24N2O5. The summed E-state index contributed by atoms with van der Waals surface area (Å²) in [5.74, 6) is 1.08. The van der Waals surface area contributed by atoms with Crippen LogP contribution in [0.25, 0.3) is 5.70 Å². The van der Waals surface area contributed by atoms with Crippen LogP contribution in [0.5, 0.6) is 11.5 Å². The molecule has 1 aromatic carbocycles. The van der Waals surface area contributed by atoms with Crippen LogP contribution in [0.2, 0.25) is 0 Å². The minimum atomic E-state index is -0.493. The van der Waals surface area contributed by atoms with E-state index in [9.17, 15) is 4.79 Å². The van der Waals surface area contributed by atoms with Gasteiger partial charge in [0.15, 0.2) is 0 Å². The third kappa shape index (κ3) is 4.06. The smallest absolute Gasteiger partial charge is 0.341 e. The van der Waals surface area contributed by atoms with Gasteiger partial charge in [0.2, 0.25) is 5.88 Å². The van der Waals surface area contributed by atoms with Crippen LogP contribution in [0.15, 0.2) is 35.9 Å². The first kappa shape index (κ1) is 18.7. The molecule has 7 nitrogen and oxygen atoms in total. The molecule has 0 saturated heterocycles. The van der Waals surface area contributed by atoms with Crippen LogP contribution in [0.1, 0.15) is 25.8 Å². The molecule has 1 aliphatic rings. The van der Waals surface area contributed by atoms with Crippen molar-refractivity contribution in [2.75, 3.05) is 20.8 Å². The van der Waals surface area contributed by atoms with Gasteiger partial charge in [0.1, 0.15) is 23.3 Å². The van der Waals surface area contributed by atoms with Gasteiger partial charge < -0.3 is 30.0 Å². The van der Waals surface area contributed by atoms with E-state index in [1.807, 2.05) is 19.1 Å². The minimum absolute atomic E-state index is 0.263. The number of carbonyl (C=O) groups is 1. The van der Waals surface area contributed by atoms with E-state index in [2.05, 4.69) is 5.32 Å². The molecule has 0 amide bonds. The van der Waals surface area contributed by atoms with Crippen molar-refractivity contribution >= 4 is 11.7 Å². The highest BCUT2D eigenvalue weighted by molar-refractivity contribution is 5.91. The van der Waals surface area contributed by atoms with Crippen molar-refractivity contribution in [2.45, 2.75) is 26.3 Å². The average Bonchev–Trinajstić information content (AvgIpc) is 3.10. The molecule has 25 heavy (non-hydrogen) atoms. The van der Waals surface area contributed by atoms with Crippen LogP contribution in [0.3, 0.4) is 0 Å². The molecule has 136 valence electrons. The molecule has 1 aromatic rings. The Morgan fingerprint density at radius 1 is 1.28 bits per heavy atom. The Labute approximate surface area is 147 Å². The molecule has 0 saturated carbocycles. The topological polar surface area (TPSA) is 92.0 Å². The van der Waals surface area contributed by atoms with Crippen LogP contribution >= 0.6 is 0 Å². The number of nitrogens with one attached hydrogen (secondary N) is 1. The summed E-state index contributed by atoms with van der Waals surface area (Å²) >= 11 is 0. The van der Waals surface area contributed by atoms with Gasteiger partial charge in [0.05, 0.1) is 26.5 Å². The number of rotatable bonds is 7. The summed E-state index contributed by atoms with van der Waals surface area (Å²) in [6, 6.07) is 4.93. The SMILES string of the molecule is CCOC(=O)/C(=C1/NC(c2ccc(OC)cc2OC)=CO1)C(N)CC. The lowest BCUT2D eigenvalue weighted by Crippen LogP contribution is -2.31. The number of methoxy groups -OCH3 is 2. The molecule has 1 atom stereocenters. The maximum absolute atomic E-state index is 12.2. The van der Waals surface area contributed by atoms with Crippen LogP contribution in [-0.4, -0.2) is 32.8 Å². The molecule has 7 heteroatoms. The fourth-order valence-electron chi connectivity index (χ4n) is 2.41. The van der Waals surface area contributed by atoms with Crippen LogP contribution in [0, 0.1) is 0 Å². The Balaban J connectivity index is 2.33. The molecule has 0 bridgehead atoms. The Morgan fingerprint density at radius 3 is 2.64 bits per heavy atom. The summed E-state index contributed by atoms with van der Waals surface area (Å²) in [4.78, 5) is 12.2. The first-order chi connectivity index (χ1) is 12.0. The second kappa shape index (κ2) is 8.43. The third-order valence-corrected chi connectivity index (χ3v) is 3.79. The fourth-order valence-corrected chi connectivity index (χ4v) is 2.41. The molecule has 0 aromatic heterocycles. The zero-order valence-corrected chi connectivity index (χ0v) is 14.9. The molecular weight excluding hydrogens is 324 g/mol. The van der Waals surface area contributed by atoms with Gasteiger partial charge in [-0.1, -0.05) is 6.92 Å². The Morgan fingerprint density at radius 2 is 2.04 bits per heavy atom. The van der Waals surface area contributed by atoms with Gasteiger partial charge in [-0.3, -0.25) is 0 Å². The van der Waals surface area contributed by atoms with E-state index in [0.717, 1.165) is 5.56 Å². The van der Waals surface area contributed by atoms with Crippen LogP contribution in [0.4, 0.5) is 0 Å². The summed E-state index contributed by atoms with van der Waals surface area (Å²) in [6.45, 7) is 3.89. The highest BCUT2D eigenvalue weighted by atomic mass is 16.5. The fraction of sp³-hybridized carbons (Fsp3) is 0.389. The predicted molar refractivity (Wildman–Crippen MR) is 93.7 cm³/mol. The molecule has 0 fully saturated rings. The molecule has 1 heterocycles. The number of nitrogens with two attached hydrogens (primary N) is 1. The first-order valence-corrected chi connectivity index (χ1v) is 8.08. The third-order valence-electron chi connectivity index (χ3n) is 3.79. The van der Waals surface area contributed by atoms with Crippen molar-refractivity contribution in [2.24, 2.45) is 5.73 Å². The molecule has 1 aliphatic heterocycles. The van der Waals surface area contributed by atoms with E-state index >= 15 is 0 Å². The lowest BCUT2D eigenvalue weighted by atomic mass is 10.1. The number of benzene rings is 1. The number of ether oxygens (including phenoxy) is 4. The lowest BCUT2D eigenvalue weighted by Gasteiger charge is -2.16. The van der Waals surface area contributed by atoms with Crippen molar-refractivity contribution in [1.82, 2.24) is 5.32 Å². The molecule has 0 spiro atoms. The number of esters is 1. The maximum atomic E-state index is 12.2. The summed E-state index contributed by atoms with van der Waals surface area (Å²) in [7, 11) is 3.16. The molecule has 0 aliphatic carbocycles. The lowest BCUT2D eigenvalue weighted by molar-refractivity contribution is -0.139. The monoisotopic (exact) mass is 348 g/mol. The van der Waals surface area contributed by atoms with Crippen molar-refractivity contribution in [1.29, 1.82) is 0 Å². The molecule has 0 radical (unpaired) electrons. The molecule has 3 N–H and O–H groups in total. The van der Waals surface area contributed by atoms with E-state index in [1.165, 1.54) is 6.26 Å². The number of hydrogen-bond acceptors (Lipinski definition) is 7. The van der Waals surface area contributed by atoms with Gasteiger partial charge in [-0.05, 0) is 25.5 Å². The highest BCUT2D eigenvalue weighted by Gasteiger charge is 2.28. The maximum Gasteiger partial charge on any atom is 0.341 e. The first-order valence-electron chi connectivity index (χ1n) is 8.08. The average molecular weight is 348 g/mol. The van der Waals surface area contributed by atoms with Gasteiger partial charge in [0.25, 0.3) is 0 Å². The summed E-state index contributed by atoms with van der Waals surface area (Å²) in [6.07, 6.45) is 2.09. The Kier molecular flexibility index (Phi) is 6.30. The van der Waals surface area contributed by atoms with Crippen molar-refractivity contribution < 1.29 is 23.7 Å². The number of hydrogen-bond donors (Lipinski definition) is 2. The van der Waals surface area contributed by atoms with E-state index in [0.29, 0.717) is 23.6 Å². The van der Waals surface area contributed by atoms with Crippen LogP contribution < -0.4 is 20.5 Å². The predicted octanol–water partition coefficient (Wildman–Crippen LogP) is 2.13. The normalized spacial score (nSPS) is 16.3. The quantitative estimate of drug-likeness (QED) is 0.576. The molecule has 2 rings (SSSR count). The highest BCUT2D eigenvalue weighted by Crippen LogP contribution is 2.32. The Hall–Kier alpha value is -2.67. The van der Waals surface area contributed by atoms with E-state index in [1.54, 1.807) is 27.2 Å². The van der Waals surface area contributed by atoms with Gasteiger partial charge in [-0.25, -0.2) is 4.79 Å². The van der Waals surface area contributed by atoms with Gasteiger partial charge in [-0.2, -0.15) is 0 Å². The van der Waals surface area contributed by atoms with Crippen LogP contribution in [-0.2, 0) is 14.3 Å². The zero-order valence-electron chi connectivity index (χ0n) is 14.9. The second-order valence-electron chi connectivity index (χ2n) is 5.32. The van der Waals surface area contributed by atoms with Gasteiger partial charge in [-0.15, -0.1) is 0 Å². The second-order valence-corrected chi connectivity index (χ2v) is 5.32. The largest absolute Gasteiger partial charge is 0.497 e. The minimum Gasteiger partial charge on any atom is -0.497 e. The van der Waals surface area contributed by atoms with Crippen molar-refractivity contribution in [3.05, 3.63) is 41.5 Å². The zero-order chi connectivity index (χ0) is 18.4. The number of carbonyl (C=O) groups excluding carboxylic acids is 1. The van der Waals surface area contributed by atoms with Crippen molar-refractivity contribution in [3.63, 3.8) is 0 Å².